The predicted octanol–water partition coefficient (Wildman–Crippen LogP) is 2.79. The van der Waals surface area contributed by atoms with Gasteiger partial charge in [-0.25, -0.2) is 0 Å². The second-order valence-corrected chi connectivity index (χ2v) is 4.17. The van der Waals surface area contributed by atoms with Crippen LogP contribution in [0.1, 0.15) is 29.8 Å². The molecule has 4 heteroatoms. The molecular formula is C10H11BrO3. The van der Waals surface area contributed by atoms with Crippen molar-refractivity contribution >= 4 is 21.7 Å². The lowest BCUT2D eigenvalue weighted by Gasteiger charge is -2.20. The van der Waals surface area contributed by atoms with E-state index in [0.717, 1.165) is 19.3 Å². The van der Waals surface area contributed by atoms with Gasteiger partial charge in [0.25, 0.3) is 0 Å². The molecule has 1 unspecified atom stereocenters. The van der Waals surface area contributed by atoms with E-state index >= 15 is 0 Å². The Morgan fingerprint density at radius 2 is 2.36 bits per heavy atom. The van der Waals surface area contributed by atoms with E-state index in [4.69, 9.17) is 9.15 Å². The molecule has 2 heterocycles. The normalized spacial score (nSPS) is 22.2. The second kappa shape index (κ2) is 4.28. The van der Waals surface area contributed by atoms with Gasteiger partial charge in [-0.3, -0.25) is 4.79 Å². The third-order valence-electron chi connectivity index (χ3n) is 2.31. The quantitative estimate of drug-likeness (QED) is 0.766. The molecule has 1 aromatic rings. The Labute approximate surface area is 90.6 Å². The van der Waals surface area contributed by atoms with Crippen molar-refractivity contribution in [2.24, 2.45) is 0 Å². The van der Waals surface area contributed by atoms with Crippen LogP contribution in [0.2, 0.25) is 0 Å². The fourth-order valence-electron chi connectivity index (χ4n) is 1.56. The molecule has 0 aromatic carbocycles. The maximum atomic E-state index is 11.8. The van der Waals surface area contributed by atoms with E-state index in [-0.39, 0.29) is 11.9 Å². The average Bonchev–Trinajstić information content (AvgIpc) is 2.65. The first kappa shape index (κ1) is 9.93. The van der Waals surface area contributed by atoms with Crippen molar-refractivity contribution in [2.45, 2.75) is 25.4 Å². The van der Waals surface area contributed by atoms with Gasteiger partial charge >= 0.3 is 0 Å². The maximum Gasteiger partial charge on any atom is 0.227 e. The molecule has 0 saturated carbocycles. The van der Waals surface area contributed by atoms with Gasteiger partial charge in [-0.15, -0.1) is 0 Å². The Morgan fingerprint density at radius 1 is 1.50 bits per heavy atom. The minimum absolute atomic E-state index is 0.0541. The molecule has 1 fully saturated rings. The molecule has 0 radical (unpaired) electrons. The van der Waals surface area contributed by atoms with Gasteiger partial charge in [0, 0.05) is 6.61 Å². The van der Waals surface area contributed by atoms with Crippen LogP contribution in [-0.4, -0.2) is 18.5 Å². The molecule has 76 valence electrons. The number of ether oxygens (including phenoxy) is 1. The van der Waals surface area contributed by atoms with Gasteiger partial charge in [-0.05, 0) is 41.3 Å². The highest BCUT2D eigenvalue weighted by Crippen LogP contribution is 2.23. The first-order valence-electron chi connectivity index (χ1n) is 4.68. The van der Waals surface area contributed by atoms with E-state index in [9.17, 15) is 4.79 Å². The third-order valence-corrected chi connectivity index (χ3v) is 2.94. The molecule has 0 aliphatic carbocycles. The summed E-state index contributed by atoms with van der Waals surface area (Å²) in [7, 11) is 0. The van der Waals surface area contributed by atoms with E-state index in [2.05, 4.69) is 15.9 Å². The molecule has 0 N–H and O–H groups in total. The number of ketones is 1. The zero-order chi connectivity index (χ0) is 9.97. The van der Waals surface area contributed by atoms with E-state index in [1.54, 1.807) is 6.07 Å². The lowest BCUT2D eigenvalue weighted by molar-refractivity contribution is 0.0167. The summed E-state index contributed by atoms with van der Waals surface area (Å²) in [6.07, 6.45) is 4.08. The van der Waals surface area contributed by atoms with Crippen LogP contribution in [0.15, 0.2) is 21.2 Å². The van der Waals surface area contributed by atoms with E-state index < -0.39 is 0 Å². The molecule has 0 amide bonds. The Hall–Kier alpha value is -0.610. The Balaban J connectivity index is 2.11. The van der Waals surface area contributed by atoms with Gasteiger partial charge < -0.3 is 9.15 Å². The van der Waals surface area contributed by atoms with Crippen molar-refractivity contribution in [2.75, 3.05) is 6.61 Å². The Bertz CT molecular complexity index is 326. The predicted molar refractivity (Wildman–Crippen MR) is 54.3 cm³/mol. The summed E-state index contributed by atoms with van der Waals surface area (Å²) in [6.45, 7) is 0.675. The zero-order valence-electron chi connectivity index (χ0n) is 7.66. The number of carbonyl (C=O) groups excluding carboxylic acids is 1. The van der Waals surface area contributed by atoms with Crippen LogP contribution < -0.4 is 0 Å². The summed E-state index contributed by atoms with van der Waals surface area (Å²) in [5.74, 6) is 0.318. The molecule has 1 atom stereocenters. The highest BCUT2D eigenvalue weighted by molar-refractivity contribution is 9.10. The van der Waals surface area contributed by atoms with Crippen molar-refractivity contribution in [1.82, 2.24) is 0 Å². The van der Waals surface area contributed by atoms with Gasteiger partial charge in [-0.2, -0.15) is 0 Å². The zero-order valence-corrected chi connectivity index (χ0v) is 9.25. The lowest BCUT2D eigenvalue weighted by Crippen LogP contribution is -2.28. The topological polar surface area (TPSA) is 39.4 Å². The number of halogens is 1. The minimum atomic E-state index is -0.314. The monoisotopic (exact) mass is 258 g/mol. The summed E-state index contributed by atoms with van der Waals surface area (Å²) in [4.78, 5) is 11.8. The number of carbonyl (C=O) groups is 1. The fraction of sp³-hybridized carbons (Fsp3) is 0.500. The van der Waals surface area contributed by atoms with Gasteiger partial charge in [0.1, 0.15) is 6.10 Å². The molecule has 0 bridgehead atoms. The summed E-state index contributed by atoms with van der Waals surface area (Å²) < 4.78 is 11.2. The van der Waals surface area contributed by atoms with Crippen LogP contribution in [0.3, 0.4) is 0 Å². The van der Waals surface area contributed by atoms with Gasteiger partial charge in [0.05, 0.1) is 10.7 Å². The molecule has 1 saturated heterocycles. The summed E-state index contributed by atoms with van der Waals surface area (Å²) in [5, 5.41) is 0. The average molecular weight is 259 g/mol. The third kappa shape index (κ3) is 1.91. The largest absolute Gasteiger partial charge is 0.460 e. The van der Waals surface area contributed by atoms with Crippen molar-refractivity contribution < 1.29 is 13.9 Å². The van der Waals surface area contributed by atoms with Gasteiger partial charge in [0.2, 0.25) is 5.78 Å². The number of furan rings is 1. The molecule has 1 aliphatic rings. The van der Waals surface area contributed by atoms with Crippen LogP contribution in [0.5, 0.6) is 0 Å². The molecule has 1 aromatic heterocycles. The van der Waals surface area contributed by atoms with Crippen molar-refractivity contribution in [3.8, 4) is 0 Å². The van der Waals surface area contributed by atoms with Gasteiger partial charge in [0.15, 0.2) is 5.76 Å². The second-order valence-electron chi connectivity index (χ2n) is 3.32. The number of hydrogen-bond donors (Lipinski definition) is 0. The van der Waals surface area contributed by atoms with E-state index in [0.29, 0.717) is 16.8 Å². The lowest BCUT2D eigenvalue weighted by atomic mass is 10.0. The molecule has 1 aliphatic heterocycles. The highest BCUT2D eigenvalue weighted by Gasteiger charge is 2.26. The SMILES string of the molecule is O=C(c1occc1Br)C1CCCCO1. The Kier molecular flexibility index (Phi) is 3.03. The van der Waals surface area contributed by atoms with Crippen LogP contribution in [0, 0.1) is 0 Å². The standard InChI is InChI=1S/C10H11BrO3/c11-7-4-6-14-10(7)9(12)8-3-1-2-5-13-8/h4,6,8H,1-3,5H2. The smallest absolute Gasteiger partial charge is 0.227 e. The molecular weight excluding hydrogens is 248 g/mol. The van der Waals surface area contributed by atoms with E-state index in [1.807, 2.05) is 0 Å². The van der Waals surface area contributed by atoms with Crippen molar-refractivity contribution in [3.63, 3.8) is 0 Å². The fourth-order valence-corrected chi connectivity index (χ4v) is 1.96. The first-order chi connectivity index (χ1) is 6.79. The van der Waals surface area contributed by atoms with Crippen LogP contribution in [0.25, 0.3) is 0 Å². The molecule has 14 heavy (non-hydrogen) atoms. The van der Waals surface area contributed by atoms with Crippen molar-refractivity contribution in [1.29, 1.82) is 0 Å². The van der Waals surface area contributed by atoms with Crippen LogP contribution in [0.4, 0.5) is 0 Å². The molecule has 3 nitrogen and oxygen atoms in total. The first-order valence-corrected chi connectivity index (χ1v) is 5.47. The van der Waals surface area contributed by atoms with Crippen LogP contribution in [-0.2, 0) is 4.74 Å². The minimum Gasteiger partial charge on any atom is -0.460 e. The number of Topliss-reactive ketones (excluding diaryl/α,β-unsaturated/α-hetero) is 1. The molecule has 2 rings (SSSR count). The number of hydrogen-bond acceptors (Lipinski definition) is 3. The van der Waals surface area contributed by atoms with Gasteiger partial charge in [-0.1, -0.05) is 0 Å². The summed E-state index contributed by atoms with van der Waals surface area (Å²) in [6, 6.07) is 1.72. The summed E-state index contributed by atoms with van der Waals surface area (Å²) in [5.41, 5.74) is 0. The van der Waals surface area contributed by atoms with E-state index in [1.165, 1.54) is 6.26 Å². The maximum absolute atomic E-state index is 11.8. The molecule has 0 spiro atoms. The summed E-state index contributed by atoms with van der Waals surface area (Å²) >= 11 is 3.26. The highest BCUT2D eigenvalue weighted by atomic mass is 79.9. The number of rotatable bonds is 2. The van der Waals surface area contributed by atoms with Crippen LogP contribution >= 0.6 is 15.9 Å². The van der Waals surface area contributed by atoms with Crippen molar-refractivity contribution in [3.05, 3.63) is 22.6 Å². The Morgan fingerprint density at radius 3 is 2.93 bits per heavy atom.